The molecule has 0 unspecified atom stereocenters. The summed E-state index contributed by atoms with van der Waals surface area (Å²) in [5, 5.41) is 19.8. The summed E-state index contributed by atoms with van der Waals surface area (Å²) in [5.41, 5.74) is -0.0240. The van der Waals surface area contributed by atoms with Crippen molar-refractivity contribution in [2.24, 2.45) is 0 Å². The number of rotatable bonds is 5. The Bertz CT molecular complexity index is 964. The van der Waals surface area contributed by atoms with E-state index in [2.05, 4.69) is 4.98 Å². The van der Waals surface area contributed by atoms with Crippen LogP contribution in [0.4, 0.5) is 5.69 Å². The number of aromatic nitrogens is 1. The molecule has 25 heavy (non-hydrogen) atoms. The van der Waals surface area contributed by atoms with E-state index in [-0.39, 0.29) is 35.1 Å². The molecule has 0 bridgehead atoms. The third-order valence-electron chi connectivity index (χ3n) is 3.65. The molecule has 1 aliphatic rings. The van der Waals surface area contributed by atoms with Gasteiger partial charge >= 0.3 is 0 Å². The van der Waals surface area contributed by atoms with Crippen molar-refractivity contribution in [3.05, 3.63) is 58.3 Å². The number of nitro groups is 1. The molecule has 1 fully saturated rings. The number of sulfonamides is 1. The van der Waals surface area contributed by atoms with Crippen molar-refractivity contribution >= 4 is 15.7 Å². The van der Waals surface area contributed by atoms with Crippen LogP contribution in [-0.2, 0) is 10.0 Å². The van der Waals surface area contributed by atoms with Crippen molar-refractivity contribution in [1.82, 2.24) is 9.29 Å². The Hall–Kier alpha value is -3.03. The quantitative estimate of drug-likeness (QED) is 0.581. The minimum absolute atomic E-state index is 0.0759. The molecular formula is C15H12N4O5S. The zero-order chi connectivity index (χ0) is 18.0. The van der Waals surface area contributed by atoms with Gasteiger partial charge < -0.3 is 4.74 Å². The number of non-ortho nitro benzene ring substituents is 1. The van der Waals surface area contributed by atoms with Gasteiger partial charge in [-0.15, -0.1) is 0 Å². The van der Waals surface area contributed by atoms with E-state index in [0.717, 1.165) is 10.4 Å². The molecule has 1 saturated heterocycles. The van der Waals surface area contributed by atoms with E-state index < -0.39 is 21.1 Å². The number of hydrogen-bond acceptors (Lipinski definition) is 7. The number of benzene rings is 1. The van der Waals surface area contributed by atoms with E-state index in [4.69, 9.17) is 10.00 Å². The first-order valence-corrected chi connectivity index (χ1v) is 8.62. The Morgan fingerprint density at radius 2 is 2.08 bits per heavy atom. The lowest BCUT2D eigenvalue weighted by Crippen LogP contribution is -2.56. The maximum absolute atomic E-state index is 12.5. The van der Waals surface area contributed by atoms with E-state index in [9.17, 15) is 18.5 Å². The number of nitro benzene ring substituents is 1. The minimum atomic E-state index is -3.84. The number of nitrogens with zero attached hydrogens (tertiary/aromatic N) is 4. The summed E-state index contributed by atoms with van der Waals surface area (Å²) in [6, 6.07) is 9.99. The zero-order valence-corrected chi connectivity index (χ0v) is 13.6. The molecule has 10 heteroatoms. The fourth-order valence-electron chi connectivity index (χ4n) is 2.31. The lowest BCUT2D eigenvalue weighted by molar-refractivity contribution is -0.385. The van der Waals surface area contributed by atoms with E-state index in [1.807, 2.05) is 6.07 Å². The highest BCUT2D eigenvalue weighted by Crippen LogP contribution is 2.27. The van der Waals surface area contributed by atoms with Crippen molar-refractivity contribution < 1.29 is 18.1 Å². The van der Waals surface area contributed by atoms with Gasteiger partial charge in [-0.2, -0.15) is 9.57 Å². The SMILES string of the molecule is N#Cc1cccnc1OC1CN(S(=O)(=O)c2cccc([N+](=O)[O-])c2)C1. The number of hydrogen-bond donors (Lipinski definition) is 0. The molecule has 0 N–H and O–H groups in total. The number of ether oxygens (including phenoxy) is 1. The standard InChI is InChI=1S/C15H12N4O5S/c16-8-11-3-2-6-17-15(11)24-13-9-18(10-13)25(22,23)14-5-1-4-12(7-14)19(20)21/h1-7,13H,9-10H2. The molecule has 1 aromatic carbocycles. The maximum Gasteiger partial charge on any atom is 0.270 e. The number of nitriles is 1. The predicted molar refractivity (Wildman–Crippen MR) is 85.2 cm³/mol. The first kappa shape index (κ1) is 16.8. The fraction of sp³-hybridized carbons (Fsp3) is 0.200. The summed E-state index contributed by atoms with van der Waals surface area (Å²) in [4.78, 5) is 14.0. The van der Waals surface area contributed by atoms with Crippen LogP contribution in [0.25, 0.3) is 0 Å². The smallest absolute Gasteiger partial charge is 0.270 e. The molecule has 1 aliphatic heterocycles. The average Bonchev–Trinajstić information content (AvgIpc) is 2.58. The second-order valence-corrected chi connectivity index (χ2v) is 7.22. The van der Waals surface area contributed by atoms with Crippen LogP contribution < -0.4 is 4.74 Å². The third-order valence-corrected chi connectivity index (χ3v) is 5.48. The number of pyridine rings is 1. The normalized spacial score (nSPS) is 15.2. The topological polar surface area (TPSA) is 126 Å². The third kappa shape index (κ3) is 3.28. The molecule has 0 aliphatic carbocycles. The first-order chi connectivity index (χ1) is 11.9. The van der Waals surface area contributed by atoms with E-state index in [0.29, 0.717) is 0 Å². The van der Waals surface area contributed by atoms with Crippen LogP contribution in [0.5, 0.6) is 5.88 Å². The molecule has 128 valence electrons. The Balaban J connectivity index is 1.70. The summed E-state index contributed by atoms with van der Waals surface area (Å²) >= 11 is 0. The Kier molecular flexibility index (Phi) is 4.35. The molecule has 0 radical (unpaired) electrons. The van der Waals surface area contributed by atoms with Crippen LogP contribution in [0, 0.1) is 21.4 Å². The van der Waals surface area contributed by atoms with Crippen LogP contribution >= 0.6 is 0 Å². The molecule has 9 nitrogen and oxygen atoms in total. The van der Waals surface area contributed by atoms with E-state index >= 15 is 0 Å². The second-order valence-electron chi connectivity index (χ2n) is 5.28. The van der Waals surface area contributed by atoms with Gasteiger partial charge in [0.1, 0.15) is 17.7 Å². The van der Waals surface area contributed by atoms with Crippen LogP contribution in [0.15, 0.2) is 47.5 Å². The zero-order valence-electron chi connectivity index (χ0n) is 12.8. The van der Waals surface area contributed by atoms with Crippen molar-refractivity contribution in [2.45, 2.75) is 11.0 Å². The van der Waals surface area contributed by atoms with Crippen LogP contribution in [0.2, 0.25) is 0 Å². The molecule has 0 atom stereocenters. The van der Waals surface area contributed by atoms with E-state index in [1.54, 1.807) is 12.1 Å². The highest BCUT2D eigenvalue weighted by molar-refractivity contribution is 7.89. The highest BCUT2D eigenvalue weighted by atomic mass is 32.2. The van der Waals surface area contributed by atoms with Gasteiger partial charge in [-0.25, -0.2) is 13.4 Å². The summed E-state index contributed by atoms with van der Waals surface area (Å²) in [6.07, 6.45) is 1.04. The monoisotopic (exact) mass is 360 g/mol. The molecule has 0 saturated carbocycles. The van der Waals surface area contributed by atoms with Crippen LogP contribution in [0.1, 0.15) is 5.56 Å². The van der Waals surface area contributed by atoms with Gasteiger partial charge in [-0.3, -0.25) is 10.1 Å². The Morgan fingerprint density at radius 1 is 1.32 bits per heavy atom. The molecular weight excluding hydrogens is 348 g/mol. The molecule has 3 rings (SSSR count). The first-order valence-electron chi connectivity index (χ1n) is 7.18. The predicted octanol–water partition coefficient (Wildman–Crippen LogP) is 1.31. The maximum atomic E-state index is 12.5. The summed E-state index contributed by atoms with van der Waals surface area (Å²) in [7, 11) is -3.84. The van der Waals surface area contributed by atoms with Gasteiger partial charge in [-0.1, -0.05) is 6.07 Å². The van der Waals surface area contributed by atoms with Crippen LogP contribution in [0.3, 0.4) is 0 Å². The van der Waals surface area contributed by atoms with Gasteiger partial charge in [0.05, 0.1) is 22.9 Å². The fourth-order valence-corrected chi connectivity index (χ4v) is 3.85. The van der Waals surface area contributed by atoms with Crippen molar-refractivity contribution in [2.75, 3.05) is 13.1 Å². The van der Waals surface area contributed by atoms with Crippen molar-refractivity contribution in [1.29, 1.82) is 5.26 Å². The Morgan fingerprint density at radius 3 is 2.76 bits per heavy atom. The lowest BCUT2D eigenvalue weighted by atomic mass is 10.2. The molecule has 2 aromatic rings. The van der Waals surface area contributed by atoms with Gasteiger partial charge in [0.25, 0.3) is 5.69 Å². The van der Waals surface area contributed by atoms with Gasteiger partial charge in [0.15, 0.2) is 0 Å². The van der Waals surface area contributed by atoms with E-state index in [1.165, 1.54) is 24.4 Å². The van der Waals surface area contributed by atoms with Gasteiger partial charge in [0, 0.05) is 18.3 Å². The van der Waals surface area contributed by atoms with Gasteiger partial charge in [0.2, 0.25) is 15.9 Å². The average molecular weight is 360 g/mol. The Labute approximate surface area is 143 Å². The van der Waals surface area contributed by atoms with Crippen LogP contribution in [-0.4, -0.2) is 41.8 Å². The summed E-state index contributed by atoms with van der Waals surface area (Å²) in [6.45, 7) is 0.152. The highest BCUT2D eigenvalue weighted by Gasteiger charge is 2.39. The van der Waals surface area contributed by atoms with Crippen molar-refractivity contribution in [3.8, 4) is 11.9 Å². The molecule has 1 aromatic heterocycles. The van der Waals surface area contributed by atoms with Gasteiger partial charge in [-0.05, 0) is 18.2 Å². The molecule has 0 spiro atoms. The summed E-state index contributed by atoms with van der Waals surface area (Å²) < 4.78 is 31.7. The second kappa shape index (κ2) is 6.46. The largest absolute Gasteiger partial charge is 0.471 e. The summed E-state index contributed by atoms with van der Waals surface area (Å²) in [5.74, 6) is 0.155. The minimum Gasteiger partial charge on any atom is -0.471 e. The molecule has 0 amide bonds. The van der Waals surface area contributed by atoms with Crippen molar-refractivity contribution in [3.63, 3.8) is 0 Å². The molecule has 2 heterocycles. The lowest BCUT2D eigenvalue weighted by Gasteiger charge is -2.37.